The monoisotopic (exact) mass is 172 g/mol. The fraction of sp³-hybridized carbons (Fsp3) is 0.800. The van der Waals surface area contributed by atoms with Crippen LogP contribution in [0.3, 0.4) is 0 Å². The lowest BCUT2D eigenvalue weighted by Gasteiger charge is -2.26. The highest BCUT2D eigenvalue weighted by Crippen LogP contribution is 2.33. The second-order valence-electron chi connectivity index (χ2n) is 4.07. The number of allylic oxidation sites excluding steroid dienone is 2. The average Bonchev–Trinajstić information content (AvgIpc) is 1.85. The van der Waals surface area contributed by atoms with Crippen molar-refractivity contribution in [2.24, 2.45) is 17.8 Å². The molecule has 0 nitrogen and oxygen atoms in total. The van der Waals surface area contributed by atoms with Gasteiger partial charge in [0.05, 0.1) is 0 Å². The topological polar surface area (TPSA) is 0 Å². The Bertz CT molecular complexity index is 158. The van der Waals surface area contributed by atoms with Gasteiger partial charge in [0.15, 0.2) is 0 Å². The fourth-order valence-corrected chi connectivity index (χ4v) is 2.14. The van der Waals surface area contributed by atoms with Crippen LogP contribution in [0.4, 0.5) is 0 Å². The summed E-state index contributed by atoms with van der Waals surface area (Å²) >= 11 is 6.01. The van der Waals surface area contributed by atoms with Crippen molar-refractivity contribution in [2.75, 3.05) is 0 Å². The van der Waals surface area contributed by atoms with Gasteiger partial charge in [-0.2, -0.15) is 0 Å². The summed E-state index contributed by atoms with van der Waals surface area (Å²) in [5.74, 6) is 2.23. The van der Waals surface area contributed by atoms with E-state index in [9.17, 15) is 0 Å². The summed E-state index contributed by atoms with van der Waals surface area (Å²) in [7, 11) is 0. The van der Waals surface area contributed by atoms with Gasteiger partial charge in [-0.3, -0.25) is 0 Å². The molecule has 0 aliphatic heterocycles. The third-order valence-electron chi connectivity index (χ3n) is 2.47. The van der Waals surface area contributed by atoms with Crippen molar-refractivity contribution in [2.45, 2.75) is 33.6 Å². The molecule has 1 aliphatic rings. The molecule has 11 heavy (non-hydrogen) atoms. The predicted molar refractivity (Wildman–Crippen MR) is 50.7 cm³/mol. The summed E-state index contributed by atoms with van der Waals surface area (Å²) in [6, 6.07) is 0. The summed E-state index contributed by atoms with van der Waals surface area (Å²) in [5.41, 5.74) is 0. The molecule has 1 rings (SSSR count). The predicted octanol–water partition coefficient (Wildman–Crippen LogP) is 3.81. The zero-order valence-electron chi connectivity index (χ0n) is 7.60. The van der Waals surface area contributed by atoms with Crippen LogP contribution in [0.5, 0.6) is 0 Å². The molecule has 0 bridgehead atoms. The summed E-state index contributed by atoms with van der Waals surface area (Å²) in [4.78, 5) is 0. The summed E-state index contributed by atoms with van der Waals surface area (Å²) < 4.78 is 0. The second kappa shape index (κ2) is 3.62. The number of halogens is 1. The fourth-order valence-electron chi connectivity index (χ4n) is 1.71. The molecule has 0 radical (unpaired) electrons. The number of hydrogen-bond acceptors (Lipinski definition) is 0. The summed E-state index contributed by atoms with van der Waals surface area (Å²) in [6.07, 6.45) is 4.64. The van der Waals surface area contributed by atoms with Crippen molar-refractivity contribution < 1.29 is 0 Å². The van der Waals surface area contributed by atoms with Crippen LogP contribution in [-0.4, -0.2) is 0 Å². The van der Waals surface area contributed by atoms with Crippen LogP contribution < -0.4 is 0 Å². The molecular formula is C10H17Cl. The molecule has 0 amide bonds. The Morgan fingerprint density at radius 3 is 2.64 bits per heavy atom. The molecule has 0 saturated carbocycles. The molecular weight excluding hydrogens is 156 g/mol. The van der Waals surface area contributed by atoms with Gasteiger partial charge in [0, 0.05) is 5.03 Å². The Kier molecular flexibility index (Phi) is 3.00. The van der Waals surface area contributed by atoms with E-state index in [0.29, 0.717) is 5.92 Å². The minimum Gasteiger partial charge on any atom is -0.0895 e. The van der Waals surface area contributed by atoms with Crippen LogP contribution >= 0.6 is 11.6 Å². The minimum absolute atomic E-state index is 0.714. The second-order valence-corrected chi connectivity index (χ2v) is 4.55. The van der Waals surface area contributed by atoms with Gasteiger partial charge in [0.2, 0.25) is 0 Å². The van der Waals surface area contributed by atoms with E-state index in [0.717, 1.165) is 23.3 Å². The van der Waals surface area contributed by atoms with Gasteiger partial charge in [-0.15, -0.1) is 0 Å². The van der Waals surface area contributed by atoms with Gasteiger partial charge in [0.25, 0.3) is 0 Å². The molecule has 0 aromatic carbocycles. The maximum absolute atomic E-state index is 6.01. The van der Waals surface area contributed by atoms with Gasteiger partial charge < -0.3 is 0 Å². The van der Waals surface area contributed by atoms with Gasteiger partial charge in [-0.25, -0.2) is 0 Å². The normalized spacial score (nSPS) is 32.3. The van der Waals surface area contributed by atoms with Crippen LogP contribution in [-0.2, 0) is 0 Å². The van der Waals surface area contributed by atoms with Gasteiger partial charge >= 0.3 is 0 Å². The van der Waals surface area contributed by atoms with Crippen molar-refractivity contribution >= 4 is 11.6 Å². The molecule has 2 unspecified atom stereocenters. The van der Waals surface area contributed by atoms with E-state index in [1.165, 1.54) is 6.42 Å². The lowest BCUT2D eigenvalue weighted by molar-refractivity contribution is 0.347. The van der Waals surface area contributed by atoms with Crippen molar-refractivity contribution in [3.63, 3.8) is 0 Å². The first-order valence-corrected chi connectivity index (χ1v) is 4.83. The largest absolute Gasteiger partial charge is 0.0895 e. The van der Waals surface area contributed by atoms with E-state index in [2.05, 4.69) is 26.8 Å². The van der Waals surface area contributed by atoms with Crippen LogP contribution in [0, 0.1) is 17.8 Å². The number of hydrogen-bond donors (Lipinski definition) is 0. The lowest BCUT2D eigenvalue weighted by Crippen LogP contribution is -2.15. The molecule has 0 N–H and O–H groups in total. The van der Waals surface area contributed by atoms with Crippen LogP contribution in [0.15, 0.2) is 11.1 Å². The first kappa shape index (κ1) is 9.12. The molecule has 0 heterocycles. The third kappa shape index (κ3) is 2.52. The van der Waals surface area contributed by atoms with Crippen LogP contribution in [0.2, 0.25) is 0 Å². The lowest BCUT2D eigenvalue weighted by atomic mass is 9.81. The van der Waals surface area contributed by atoms with Crippen LogP contribution in [0.1, 0.15) is 33.6 Å². The van der Waals surface area contributed by atoms with Gasteiger partial charge in [-0.1, -0.05) is 38.4 Å². The molecule has 0 saturated heterocycles. The Morgan fingerprint density at radius 1 is 1.55 bits per heavy atom. The quantitative estimate of drug-likeness (QED) is 0.564. The molecule has 0 aromatic heterocycles. The highest BCUT2D eigenvalue weighted by molar-refractivity contribution is 6.29. The standard InChI is InChI=1S/C10H17Cl/c1-7(2)9-4-8(3)5-10(11)6-9/h6-9H,4-5H2,1-3H3. The SMILES string of the molecule is CC1CC(Cl)=CC(C(C)C)C1. The Labute approximate surface area is 74.6 Å². The zero-order valence-corrected chi connectivity index (χ0v) is 8.36. The van der Waals surface area contributed by atoms with Crippen molar-refractivity contribution in [1.29, 1.82) is 0 Å². The molecule has 64 valence electrons. The first-order valence-electron chi connectivity index (χ1n) is 4.45. The first-order chi connectivity index (χ1) is 5.09. The molecule has 2 atom stereocenters. The van der Waals surface area contributed by atoms with Crippen LogP contribution in [0.25, 0.3) is 0 Å². The van der Waals surface area contributed by atoms with E-state index >= 15 is 0 Å². The highest BCUT2D eigenvalue weighted by atomic mass is 35.5. The maximum Gasteiger partial charge on any atom is 0.0146 e. The smallest absolute Gasteiger partial charge is 0.0146 e. The zero-order chi connectivity index (χ0) is 8.43. The van der Waals surface area contributed by atoms with E-state index in [4.69, 9.17) is 11.6 Å². The molecule has 0 spiro atoms. The van der Waals surface area contributed by atoms with Gasteiger partial charge in [-0.05, 0) is 30.6 Å². The average molecular weight is 173 g/mol. The molecule has 0 aromatic rings. The van der Waals surface area contributed by atoms with Crippen molar-refractivity contribution in [3.05, 3.63) is 11.1 Å². The Hall–Kier alpha value is 0.0300. The Balaban J connectivity index is 2.61. The van der Waals surface area contributed by atoms with Gasteiger partial charge in [0.1, 0.15) is 0 Å². The Morgan fingerprint density at radius 2 is 2.18 bits per heavy atom. The molecule has 0 fully saturated rings. The maximum atomic E-state index is 6.01. The highest BCUT2D eigenvalue weighted by Gasteiger charge is 2.20. The summed E-state index contributed by atoms with van der Waals surface area (Å²) in [6.45, 7) is 6.82. The van der Waals surface area contributed by atoms with E-state index in [1.807, 2.05) is 0 Å². The minimum atomic E-state index is 0.714. The van der Waals surface area contributed by atoms with Crippen molar-refractivity contribution in [3.8, 4) is 0 Å². The molecule has 1 aliphatic carbocycles. The van der Waals surface area contributed by atoms with E-state index in [1.54, 1.807) is 0 Å². The summed E-state index contributed by atoms with van der Waals surface area (Å²) in [5, 5.41) is 1.07. The third-order valence-corrected chi connectivity index (χ3v) is 2.75. The van der Waals surface area contributed by atoms with E-state index in [-0.39, 0.29) is 0 Å². The number of rotatable bonds is 1. The van der Waals surface area contributed by atoms with Crippen molar-refractivity contribution in [1.82, 2.24) is 0 Å². The van der Waals surface area contributed by atoms with E-state index < -0.39 is 0 Å². The molecule has 1 heteroatoms.